The van der Waals surface area contributed by atoms with Crippen LogP contribution in [0.25, 0.3) is 22.1 Å². The van der Waals surface area contributed by atoms with E-state index < -0.39 is 51.0 Å². The number of carbonyl (C=O) groups is 7. The number of nitrogens with one attached hydrogen (secondary N) is 3. The number of morpholine rings is 5. The number of aromatic nitrogens is 8. The number of primary amides is 5. The Hall–Kier alpha value is -13.4. The number of anilines is 5. The summed E-state index contributed by atoms with van der Waals surface area (Å²) in [6, 6.07) is 17.8. The fourth-order valence-electron chi connectivity index (χ4n) is 15.4. The molecule has 5 aliphatic heterocycles. The molecule has 14 rings (SSSR count). The van der Waals surface area contributed by atoms with Gasteiger partial charge in [-0.05, 0) is 147 Å². The van der Waals surface area contributed by atoms with Gasteiger partial charge in [0, 0.05) is 165 Å². The third kappa shape index (κ3) is 35.1. The number of imidazole rings is 2. The van der Waals surface area contributed by atoms with Crippen molar-refractivity contribution in [3.8, 4) is 28.7 Å². The van der Waals surface area contributed by atoms with Crippen LogP contribution in [0.15, 0.2) is 72.8 Å². The normalized spacial score (nSPS) is 14.4. The Balaban J connectivity index is 0.000000232. The fraction of sp³-hybridized carbons (Fsp3) is 0.511. The highest BCUT2D eigenvalue weighted by Gasteiger charge is 2.28. The zero-order valence-corrected chi connectivity index (χ0v) is 83.0. The van der Waals surface area contributed by atoms with Gasteiger partial charge in [0.15, 0.2) is 10.7 Å². The number of nitro groups is 2. The maximum atomic E-state index is 13.1. The van der Waals surface area contributed by atoms with Crippen LogP contribution >= 0.6 is 11.6 Å². The molecule has 0 saturated carbocycles. The van der Waals surface area contributed by atoms with Crippen LogP contribution in [0, 0.1) is 34.1 Å². The van der Waals surface area contributed by atoms with E-state index in [-0.39, 0.29) is 50.6 Å². The minimum atomic E-state index is -0.924. The van der Waals surface area contributed by atoms with Gasteiger partial charge in [0.05, 0.1) is 140 Å². The Morgan fingerprint density at radius 3 is 1.15 bits per heavy atom. The van der Waals surface area contributed by atoms with Crippen LogP contribution < -0.4 is 85.5 Å². The van der Waals surface area contributed by atoms with Crippen molar-refractivity contribution in [3.63, 3.8) is 0 Å². The van der Waals surface area contributed by atoms with Crippen LogP contribution in [0.5, 0.6) is 28.7 Å². The van der Waals surface area contributed by atoms with E-state index in [9.17, 15) is 53.8 Å². The highest BCUT2D eigenvalue weighted by Crippen LogP contribution is 2.39. The van der Waals surface area contributed by atoms with E-state index in [0.717, 1.165) is 252 Å². The second kappa shape index (κ2) is 60.0. The SMILES string of the molecule is CCn1nc(C)cc1C(=O)Nc1nc2cc(C(N)=O)cc(OC)c2n1CCCN1CCOCC1.CCn1nc(C)cc1C(=O)O.CO.COc1cc(C(N)=O)cc(N)c1NCCCN1CCOCC1.COc1cc(C(N)=O)cc([N+](=O)[O-])c1Cl.COc1cc(C(N)=O)cc([N+](=O)[O-])c1NCCCN1CCOCC1.COc1cc(C(N)=O)cc2nc(N)n(CCCN3CCOCC3)c12.NCCCN1CCOCC1. The lowest BCUT2D eigenvalue weighted by molar-refractivity contribution is -0.384. The monoisotopic (exact) mass is 2010 g/mol. The first-order valence-electron chi connectivity index (χ1n) is 46.2. The van der Waals surface area contributed by atoms with E-state index in [1.807, 2.05) is 29.9 Å². The lowest BCUT2D eigenvalue weighted by Gasteiger charge is -2.26. The third-order valence-corrected chi connectivity index (χ3v) is 23.1. The number of rotatable bonds is 38. The summed E-state index contributed by atoms with van der Waals surface area (Å²) in [5.41, 5.74) is 50.4. The number of ether oxygens (including phenoxy) is 10. The number of nitrogen functional groups attached to an aromatic ring is 2. The van der Waals surface area contributed by atoms with Crippen molar-refractivity contribution in [1.82, 2.24) is 63.2 Å². The molecule has 0 radical (unpaired) electrons. The van der Waals surface area contributed by atoms with Crippen LogP contribution in [0.3, 0.4) is 0 Å². The van der Waals surface area contributed by atoms with Gasteiger partial charge in [0.25, 0.3) is 17.3 Å². The van der Waals surface area contributed by atoms with E-state index in [2.05, 4.69) is 60.6 Å². The van der Waals surface area contributed by atoms with E-state index in [1.165, 1.54) is 38.1 Å². The van der Waals surface area contributed by atoms with Gasteiger partial charge >= 0.3 is 5.97 Å². The van der Waals surface area contributed by atoms with Crippen molar-refractivity contribution in [3.05, 3.63) is 149 Å². The van der Waals surface area contributed by atoms with Crippen LogP contribution in [-0.2, 0) is 49.9 Å². The Morgan fingerprint density at radius 1 is 0.437 bits per heavy atom. The molecule has 780 valence electrons. The van der Waals surface area contributed by atoms with Crippen molar-refractivity contribution in [1.29, 1.82) is 0 Å². The lowest BCUT2D eigenvalue weighted by atomic mass is 10.1. The molecule has 5 fully saturated rings. The van der Waals surface area contributed by atoms with E-state index in [1.54, 1.807) is 74.4 Å². The summed E-state index contributed by atoms with van der Waals surface area (Å²) in [5.74, 6) is -1.76. The number of carbonyl (C=O) groups excluding carboxylic acids is 6. The molecule has 5 saturated heterocycles. The average Bonchev–Trinajstić information content (AvgIpc) is 1.62. The number of nitro benzene ring substituents is 2. The van der Waals surface area contributed by atoms with Crippen molar-refractivity contribution >= 4 is 115 Å². The van der Waals surface area contributed by atoms with Crippen molar-refractivity contribution < 1.29 is 101 Å². The van der Waals surface area contributed by atoms with Crippen molar-refractivity contribution in [2.75, 3.05) is 254 Å². The molecule has 5 aromatic carbocycles. The molecular formula is C92H137ClN26O23. The average molecular weight is 2010 g/mol. The van der Waals surface area contributed by atoms with Crippen LogP contribution in [0.1, 0.15) is 130 Å². The summed E-state index contributed by atoms with van der Waals surface area (Å²) < 4.78 is 59.8. The van der Waals surface area contributed by atoms with Gasteiger partial charge in [-0.15, -0.1) is 0 Å². The Bertz CT molecular complexity index is 5610. The Labute approximate surface area is 827 Å². The van der Waals surface area contributed by atoms with Crippen LogP contribution in [0.4, 0.5) is 40.3 Å². The summed E-state index contributed by atoms with van der Waals surface area (Å²) in [5, 5.41) is 55.0. The molecule has 50 heteroatoms. The predicted octanol–water partition coefficient (Wildman–Crippen LogP) is 4.98. The Kier molecular flexibility index (Phi) is 48.8. The largest absolute Gasteiger partial charge is 0.495 e. The highest BCUT2D eigenvalue weighted by molar-refractivity contribution is 6.34. The first kappa shape index (κ1) is 116. The van der Waals surface area contributed by atoms with Gasteiger partial charge in [-0.25, -0.2) is 14.8 Å². The number of aliphatic hydroxyl groups excluding tert-OH is 1. The number of methoxy groups -OCH3 is 5. The van der Waals surface area contributed by atoms with Gasteiger partial charge in [0.2, 0.25) is 41.4 Å². The fourth-order valence-corrected chi connectivity index (χ4v) is 15.7. The number of hydrogen-bond acceptors (Lipinski definition) is 36. The number of aliphatic hydroxyl groups is 1. The molecule has 0 spiro atoms. The van der Waals surface area contributed by atoms with Gasteiger partial charge < -0.3 is 123 Å². The van der Waals surface area contributed by atoms with Crippen molar-refractivity contribution in [2.24, 2.45) is 34.4 Å². The molecular weight excluding hydrogens is 1870 g/mol. The molecule has 4 aromatic heterocycles. The van der Waals surface area contributed by atoms with Crippen molar-refractivity contribution in [2.45, 2.75) is 86.0 Å². The number of nitrogens with zero attached hydrogens (tertiary/aromatic N) is 15. The minimum absolute atomic E-state index is 0.0250. The van der Waals surface area contributed by atoms with Crippen LogP contribution in [0.2, 0.25) is 5.02 Å². The van der Waals surface area contributed by atoms with Gasteiger partial charge in [-0.3, -0.25) is 88.2 Å². The first-order chi connectivity index (χ1) is 68.2. The summed E-state index contributed by atoms with van der Waals surface area (Å²) in [6.07, 6.45) is 4.69. The van der Waals surface area contributed by atoms with Gasteiger partial charge in [0.1, 0.15) is 56.9 Å². The molecule has 0 bridgehead atoms. The summed E-state index contributed by atoms with van der Waals surface area (Å²) in [6.45, 7) is 34.5. The van der Waals surface area contributed by atoms with E-state index in [4.69, 9.17) is 115 Å². The molecule has 5 aliphatic rings. The maximum absolute atomic E-state index is 13.1. The number of nitrogens with two attached hydrogens (primary N) is 8. The molecule has 9 aromatic rings. The first-order valence-corrected chi connectivity index (χ1v) is 46.6. The van der Waals surface area contributed by atoms with E-state index in [0.29, 0.717) is 106 Å². The zero-order valence-electron chi connectivity index (χ0n) is 82.3. The molecule has 0 aliphatic carbocycles. The van der Waals surface area contributed by atoms with Crippen LogP contribution in [-0.4, -0.2) is 351 Å². The molecule has 0 unspecified atom stereocenters. The zero-order chi connectivity index (χ0) is 104. The summed E-state index contributed by atoms with van der Waals surface area (Å²) in [4.78, 5) is 122. The number of benzene rings is 5. The molecule has 0 atom stereocenters. The van der Waals surface area contributed by atoms with Gasteiger partial charge in [-0.2, -0.15) is 10.2 Å². The number of amides is 6. The maximum Gasteiger partial charge on any atom is 0.354 e. The summed E-state index contributed by atoms with van der Waals surface area (Å²) in [7, 11) is 8.31. The number of carboxylic acids is 1. The topological polar surface area (TPSA) is 670 Å². The van der Waals surface area contributed by atoms with E-state index >= 15 is 0 Å². The summed E-state index contributed by atoms with van der Waals surface area (Å²) >= 11 is 5.66. The third-order valence-electron chi connectivity index (χ3n) is 22.7. The highest BCUT2D eigenvalue weighted by atomic mass is 35.5. The smallest absolute Gasteiger partial charge is 0.354 e. The number of halogens is 1. The molecule has 142 heavy (non-hydrogen) atoms. The second-order valence-corrected chi connectivity index (χ2v) is 32.7. The standard InChI is InChI=1S/C23H31N7O4.C16H23N5O3.C15H22N4O5.C15H24N4O3.C8H7ClN2O4.C7H10N2O2.C7H16N2O.CH4O/c1-4-30-18(12-15(2)27-30)22(32)26-23-25-17-13-16(21(24)31)14-19(33-3)20(17)29(23)7-5-6-28-8-10-34-11-9-28;1-23-13-10-11(15(17)22)9-12-14(13)21(16(18)19-12)4-2-3-20-5-7-24-8-6-20;1-23-13-10-11(15(16)20)9-12(19(21)22)14(13)17-3-2-4-18-5-7-24-8-6-18;1-21-13-10-11(15(17)20)9-12(16)14(13)18-3-2-4-19-5-7-22-8-6-19;1-15-6-3-4(8(10)12)2-5(7(6)9)11(13)14;1-3-9-6(7(10)11)4-5(2)8-9;8-2-1-3-9-4-6-10-7-5-9;1-2/h12-14H,4-11H2,1-3H3,(H2,24,31)(H,25,26,32);9-10H,2-8H2,1H3,(H2,17,22)(H2,18,19);9-10,17H,2-8H2,1H3,(H2,16,20);9-10,18H,2-8,16H2,1H3,(H2,17,20);2-3H,1H3,(H2,10,12);4H,3H2,1-2H3,(H,10,11);1-8H2;2H,1H3. The number of fused-ring (bicyclic) bond motifs is 2. The number of aryl methyl sites for hydroxylation is 6. The predicted molar refractivity (Wildman–Crippen MR) is 535 cm³/mol. The minimum Gasteiger partial charge on any atom is -0.495 e. The van der Waals surface area contributed by atoms with Gasteiger partial charge in [-0.1, -0.05) is 11.6 Å². The number of carboxylic acid groups (broad SMARTS) is 1. The molecule has 21 N–H and O–H groups in total. The molecule has 9 heterocycles. The lowest BCUT2D eigenvalue weighted by Crippen LogP contribution is -2.37. The quantitative estimate of drug-likeness (QED) is 0.0105. The Morgan fingerprint density at radius 2 is 0.768 bits per heavy atom. The molecule has 6 amide bonds. The number of aromatic carboxylic acids is 1. The number of hydrogen-bond donors (Lipinski definition) is 13. The molecule has 49 nitrogen and oxygen atoms in total. The second-order valence-electron chi connectivity index (χ2n) is 32.3.